The Morgan fingerprint density at radius 3 is 2.47 bits per heavy atom. The van der Waals surface area contributed by atoms with Crippen molar-refractivity contribution < 1.29 is 4.74 Å². The second-order valence-corrected chi connectivity index (χ2v) is 6.00. The van der Waals surface area contributed by atoms with Crippen LogP contribution >= 0.6 is 0 Å². The van der Waals surface area contributed by atoms with E-state index in [1.165, 1.54) is 25.7 Å². The lowest BCUT2D eigenvalue weighted by molar-refractivity contribution is -0.0173. The van der Waals surface area contributed by atoms with E-state index in [2.05, 4.69) is 20.8 Å². The molecule has 0 aromatic carbocycles. The molecule has 0 aromatic heterocycles. The molecule has 1 rings (SSSR count). The normalized spacial score (nSPS) is 28.0. The summed E-state index contributed by atoms with van der Waals surface area (Å²) >= 11 is 0. The van der Waals surface area contributed by atoms with Crippen LogP contribution < -0.4 is 5.73 Å². The second-order valence-electron chi connectivity index (χ2n) is 6.00. The van der Waals surface area contributed by atoms with E-state index in [1.807, 2.05) is 0 Å². The molecule has 2 nitrogen and oxygen atoms in total. The van der Waals surface area contributed by atoms with E-state index in [0.29, 0.717) is 17.4 Å². The fourth-order valence-electron chi connectivity index (χ4n) is 2.18. The molecule has 90 valence electrons. The summed E-state index contributed by atoms with van der Waals surface area (Å²) in [4.78, 5) is 0. The molecule has 0 heterocycles. The fourth-order valence-corrected chi connectivity index (χ4v) is 2.18. The predicted molar refractivity (Wildman–Crippen MR) is 64.8 cm³/mol. The maximum Gasteiger partial charge on any atom is 0.0615 e. The Hall–Kier alpha value is -0.0800. The van der Waals surface area contributed by atoms with Crippen molar-refractivity contribution in [2.24, 2.45) is 17.1 Å². The maximum absolute atomic E-state index is 5.98. The third kappa shape index (κ3) is 4.98. The van der Waals surface area contributed by atoms with E-state index in [9.17, 15) is 0 Å². The molecule has 2 atom stereocenters. The SMILES string of the molecule is CC(C)(C)CCOC1CCCCC1CN. The largest absolute Gasteiger partial charge is 0.378 e. The van der Waals surface area contributed by atoms with Crippen LogP contribution in [0.25, 0.3) is 0 Å². The van der Waals surface area contributed by atoms with Crippen LogP contribution in [0.5, 0.6) is 0 Å². The summed E-state index contributed by atoms with van der Waals surface area (Å²) < 4.78 is 5.98. The van der Waals surface area contributed by atoms with Gasteiger partial charge >= 0.3 is 0 Å². The van der Waals surface area contributed by atoms with E-state index in [1.54, 1.807) is 0 Å². The standard InChI is InChI=1S/C13H27NO/c1-13(2,3)8-9-15-12-7-5-4-6-11(12)10-14/h11-12H,4-10,14H2,1-3H3. The van der Waals surface area contributed by atoms with Gasteiger partial charge in [0.2, 0.25) is 0 Å². The number of nitrogens with two attached hydrogens (primary N) is 1. The minimum absolute atomic E-state index is 0.382. The van der Waals surface area contributed by atoms with Crippen molar-refractivity contribution in [3.8, 4) is 0 Å². The first-order chi connectivity index (χ1) is 7.03. The first-order valence-corrected chi connectivity index (χ1v) is 6.34. The molecule has 0 aliphatic heterocycles. The van der Waals surface area contributed by atoms with Gasteiger partial charge in [0.05, 0.1) is 6.10 Å². The van der Waals surface area contributed by atoms with Crippen LogP contribution in [-0.4, -0.2) is 19.3 Å². The van der Waals surface area contributed by atoms with Gasteiger partial charge in [0.15, 0.2) is 0 Å². The van der Waals surface area contributed by atoms with Crippen molar-refractivity contribution >= 4 is 0 Å². The molecule has 0 spiro atoms. The Kier molecular flexibility index (Phi) is 5.07. The van der Waals surface area contributed by atoms with Gasteiger partial charge in [-0.05, 0) is 37.1 Å². The lowest BCUT2D eigenvalue weighted by atomic mass is 9.86. The van der Waals surface area contributed by atoms with Crippen molar-refractivity contribution in [3.05, 3.63) is 0 Å². The molecule has 2 heteroatoms. The highest BCUT2D eigenvalue weighted by Crippen LogP contribution is 2.27. The molecule has 1 aliphatic carbocycles. The van der Waals surface area contributed by atoms with Gasteiger partial charge in [-0.3, -0.25) is 0 Å². The van der Waals surface area contributed by atoms with Crippen LogP contribution in [0.3, 0.4) is 0 Å². The van der Waals surface area contributed by atoms with Crippen LogP contribution in [0.15, 0.2) is 0 Å². The molecule has 1 saturated carbocycles. The summed E-state index contributed by atoms with van der Waals surface area (Å²) in [6, 6.07) is 0. The van der Waals surface area contributed by atoms with Gasteiger partial charge in [0.1, 0.15) is 0 Å². The zero-order valence-corrected chi connectivity index (χ0v) is 10.6. The zero-order valence-electron chi connectivity index (χ0n) is 10.6. The number of hydrogen-bond donors (Lipinski definition) is 1. The highest BCUT2D eigenvalue weighted by atomic mass is 16.5. The Labute approximate surface area is 94.6 Å². The fraction of sp³-hybridized carbons (Fsp3) is 1.00. The molecular formula is C13H27NO. The summed E-state index contributed by atoms with van der Waals surface area (Å²) in [5, 5.41) is 0. The first kappa shape index (κ1) is 13.0. The van der Waals surface area contributed by atoms with Crippen LogP contribution in [-0.2, 0) is 4.74 Å². The van der Waals surface area contributed by atoms with Crippen molar-refractivity contribution in [2.75, 3.05) is 13.2 Å². The van der Waals surface area contributed by atoms with Gasteiger partial charge in [-0.2, -0.15) is 0 Å². The molecule has 2 N–H and O–H groups in total. The molecule has 1 fully saturated rings. The van der Waals surface area contributed by atoms with Gasteiger partial charge in [-0.25, -0.2) is 0 Å². The quantitative estimate of drug-likeness (QED) is 0.779. The average molecular weight is 213 g/mol. The van der Waals surface area contributed by atoms with Crippen LogP contribution in [0.2, 0.25) is 0 Å². The summed E-state index contributed by atoms with van der Waals surface area (Å²) in [6.45, 7) is 8.47. The summed E-state index contributed by atoms with van der Waals surface area (Å²) in [5.74, 6) is 0.610. The van der Waals surface area contributed by atoms with Crippen molar-refractivity contribution in [3.63, 3.8) is 0 Å². The predicted octanol–water partition coefficient (Wildman–Crippen LogP) is 2.96. The minimum Gasteiger partial charge on any atom is -0.378 e. The van der Waals surface area contributed by atoms with Gasteiger partial charge in [0.25, 0.3) is 0 Å². The van der Waals surface area contributed by atoms with Crippen LogP contribution in [0, 0.1) is 11.3 Å². The number of hydrogen-bond acceptors (Lipinski definition) is 2. The Morgan fingerprint density at radius 1 is 1.20 bits per heavy atom. The van der Waals surface area contributed by atoms with Gasteiger partial charge in [-0.15, -0.1) is 0 Å². The molecular weight excluding hydrogens is 186 g/mol. The van der Waals surface area contributed by atoms with E-state index in [-0.39, 0.29) is 0 Å². The van der Waals surface area contributed by atoms with Gasteiger partial charge in [-0.1, -0.05) is 33.6 Å². The van der Waals surface area contributed by atoms with E-state index in [0.717, 1.165) is 19.6 Å². The van der Waals surface area contributed by atoms with Gasteiger partial charge < -0.3 is 10.5 Å². The van der Waals surface area contributed by atoms with Gasteiger partial charge in [0, 0.05) is 6.61 Å². The van der Waals surface area contributed by atoms with Crippen molar-refractivity contribution in [2.45, 2.75) is 59.0 Å². The summed E-state index contributed by atoms with van der Waals surface area (Å²) in [5.41, 5.74) is 6.15. The summed E-state index contributed by atoms with van der Waals surface area (Å²) in [7, 11) is 0. The minimum atomic E-state index is 0.382. The van der Waals surface area contributed by atoms with Crippen molar-refractivity contribution in [1.29, 1.82) is 0 Å². The smallest absolute Gasteiger partial charge is 0.0615 e. The topological polar surface area (TPSA) is 35.2 Å². The third-order valence-electron chi connectivity index (χ3n) is 3.33. The van der Waals surface area contributed by atoms with Crippen LogP contribution in [0.4, 0.5) is 0 Å². The molecule has 0 saturated heterocycles. The monoisotopic (exact) mass is 213 g/mol. The van der Waals surface area contributed by atoms with E-state index in [4.69, 9.17) is 10.5 Å². The van der Waals surface area contributed by atoms with Crippen LogP contribution in [0.1, 0.15) is 52.9 Å². The molecule has 0 aromatic rings. The molecule has 1 aliphatic rings. The Morgan fingerprint density at radius 2 is 1.87 bits per heavy atom. The van der Waals surface area contributed by atoms with Crippen molar-refractivity contribution in [1.82, 2.24) is 0 Å². The highest BCUT2D eigenvalue weighted by Gasteiger charge is 2.24. The lowest BCUT2D eigenvalue weighted by Gasteiger charge is -2.31. The first-order valence-electron chi connectivity index (χ1n) is 6.34. The Bertz CT molecular complexity index is 174. The molecule has 0 bridgehead atoms. The third-order valence-corrected chi connectivity index (χ3v) is 3.33. The zero-order chi connectivity index (χ0) is 11.3. The van der Waals surface area contributed by atoms with E-state index >= 15 is 0 Å². The Balaban J connectivity index is 2.23. The lowest BCUT2D eigenvalue weighted by Crippen LogP contribution is -2.33. The highest BCUT2D eigenvalue weighted by molar-refractivity contribution is 4.76. The summed E-state index contributed by atoms with van der Waals surface area (Å²) in [6.07, 6.45) is 6.70. The molecule has 0 radical (unpaired) electrons. The maximum atomic E-state index is 5.98. The number of ether oxygens (including phenoxy) is 1. The molecule has 0 amide bonds. The molecule has 15 heavy (non-hydrogen) atoms. The second kappa shape index (κ2) is 5.86. The average Bonchev–Trinajstić information content (AvgIpc) is 2.16. The number of rotatable bonds is 4. The molecule has 2 unspecified atom stereocenters. The van der Waals surface area contributed by atoms with E-state index < -0.39 is 0 Å².